The number of benzene rings is 1. The monoisotopic (exact) mass is 297 g/mol. The van der Waals surface area contributed by atoms with Gasteiger partial charge >= 0.3 is 0 Å². The second-order valence-electron chi connectivity index (χ2n) is 4.15. The molecule has 8 heteroatoms. The second-order valence-corrected chi connectivity index (χ2v) is 4.56. The van der Waals surface area contributed by atoms with E-state index in [0.29, 0.717) is 6.42 Å². The number of nitrogens with zero attached hydrogens (tertiary/aromatic N) is 3. The number of hydrogen-bond acceptors (Lipinski definition) is 6. The Morgan fingerprint density at radius 3 is 2.95 bits per heavy atom. The summed E-state index contributed by atoms with van der Waals surface area (Å²) in [5.41, 5.74) is -0.167. The van der Waals surface area contributed by atoms with E-state index in [2.05, 4.69) is 10.1 Å². The Labute approximate surface area is 119 Å². The lowest BCUT2D eigenvalue weighted by atomic mass is 10.1. The molecular weight excluding hydrogens is 286 g/mol. The molecule has 0 bridgehead atoms. The Bertz CT molecular complexity index is 629. The summed E-state index contributed by atoms with van der Waals surface area (Å²) in [6.07, 6.45) is 0.361. The van der Waals surface area contributed by atoms with Gasteiger partial charge in [0.25, 0.3) is 11.6 Å². The van der Waals surface area contributed by atoms with Gasteiger partial charge in [-0.2, -0.15) is 4.98 Å². The summed E-state index contributed by atoms with van der Waals surface area (Å²) in [5, 5.41) is 24.5. The molecule has 1 atom stereocenters. The molecule has 0 aliphatic carbocycles. The van der Waals surface area contributed by atoms with Crippen LogP contribution in [0.1, 0.15) is 31.7 Å². The van der Waals surface area contributed by atoms with Crippen LogP contribution >= 0.6 is 11.6 Å². The molecule has 2 rings (SSSR count). The predicted molar refractivity (Wildman–Crippen MR) is 71.3 cm³/mol. The number of rotatable bonds is 5. The third-order valence-electron chi connectivity index (χ3n) is 2.70. The number of aromatic nitrogens is 2. The summed E-state index contributed by atoms with van der Waals surface area (Å²) >= 11 is 5.96. The van der Waals surface area contributed by atoms with E-state index in [4.69, 9.17) is 16.1 Å². The third kappa shape index (κ3) is 2.78. The quantitative estimate of drug-likeness (QED) is 0.672. The van der Waals surface area contributed by atoms with Gasteiger partial charge in [0.1, 0.15) is 11.7 Å². The number of nitro benzene ring substituents is 1. The van der Waals surface area contributed by atoms with Gasteiger partial charge in [-0.3, -0.25) is 10.1 Å². The van der Waals surface area contributed by atoms with Crippen LogP contribution in [0.5, 0.6) is 0 Å². The Hall–Kier alpha value is -1.99. The normalized spacial score (nSPS) is 12.3. The summed E-state index contributed by atoms with van der Waals surface area (Å²) in [6.45, 7) is 1.91. The van der Waals surface area contributed by atoms with Crippen LogP contribution < -0.4 is 0 Å². The molecule has 0 radical (unpaired) electrons. The van der Waals surface area contributed by atoms with Crippen molar-refractivity contribution in [3.05, 3.63) is 39.2 Å². The van der Waals surface area contributed by atoms with Crippen LogP contribution in [0.15, 0.2) is 22.7 Å². The van der Waals surface area contributed by atoms with Crippen molar-refractivity contribution in [2.45, 2.75) is 25.9 Å². The maximum atomic E-state index is 11.0. The highest BCUT2D eigenvalue weighted by atomic mass is 35.5. The molecule has 1 aromatic carbocycles. The molecular formula is C12H12ClN3O4. The van der Waals surface area contributed by atoms with Gasteiger partial charge in [0.05, 0.1) is 9.95 Å². The van der Waals surface area contributed by atoms with Crippen LogP contribution in [-0.2, 0) is 0 Å². The molecule has 106 valence electrons. The summed E-state index contributed by atoms with van der Waals surface area (Å²) in [4.78, 5) is 14.4. The fourth-order valence-corrected chi connectivity index (χ4v) is 2.00. The van der Waals surface area contributed by atoms with Crippen molar-refractivity contribution in [2.24, 2.45) is 0 Å². The van der Waals surface area contributed by atoms with Crippen LogP contribution in [0.4, 0.5) is 5.69 Å². The number of nitro groups is 1. The molecule has 0 fully saturated rings. The Balaban J connectivity index is 2.45. The van der Waals surface area contributed by atoms with E-state index in [1.54, 1.807) is 0 Å². The topological polar surface area (TPSA) is 102 Å². The van der Waals surface area contributed by atoms with Gasteiger partial charge in [-0.15, -0.1) is 0 Å². The number of halogens is 1. The summed E-state index contributed by atoms with van der Waals surface area (Å²) < 4.78 is 4.98. The summed E-state index contributed by atoms with van der Waals surface area (Å²) in [7, 11) is 0. The second kappa shape index (κ2) is 5.98. The molecule has 1 N–H and O–H groups in total. The number of aliphatic hydroxyl groups is 1. The van der Waals surface area contributed by atoms with Crippen molar-refractivity contribution >= 4 is 17.3 Å². The highest BCUT2D eigenvalue weighted by Gasteiger charge is 2.25. The van der Waals surface area contributed by atoms with E-state index in [0.717, 1.165) is 6.42 Å². The van der Waals surface area contributed by atoms with Crippen LogP contribution in [0.3, 0.4) is 0 Å². The maximum Gasteiger partial charge on any atom is 0.283 e. The predicted octanol–water partition coefficient (Wildman–Crippen LogP) is 3.13. The van der Waals surface area contributed by atoms with Gasteiger partial charge < -0.3 is 9.63 Å². The molecule has 1 aromatic heterocycles. The SMILES string of the molecule is CCCC(O)c1noc(-c2c(Cl)cccc2[N+](=O)[O-])n1. The van der Waals surface area contributed by atoms with Crippen LogP contribution in [0.2, 0.25) is 5.02 Å². The lowest BCUT2D eigenvalue weighted by Crippen LogP contribution is -1.99. The zero-order valence-electron chi connectivity index (χ0n) is 10.6. The summed E-state index contributed by atoms with van der Waals surface area (Å²) in [6, 6.07) is 4.26. The van der Waals surface area contributed by atoms with Crippen molar-refractivity contribution in [1.29, 1.82) is 0 Å². The fourth-order valence-electron chi connectivity index (χ4n) is 1.75. The average molecular weight is 298 g/mol. The van der Waals surface area contributed by atoms with Crippen molar-refractivity contribution in [3.63, 3.8) is 0 Å². The number of aliphatic hydroxyl groups excluding tert-OH is 1. The lowest BCUT2D eigenvalue weighted by Gasteiger charge is -2.02. The molecule has 2 aromatic rings. The first-order valence-electron chi connectivity index (χ1n) is 5.99. The smallest absolute Gasteiger partial charge is 0.283 e. The average Bonchev–Trinajstić information content (AvgIpc) is 2.88. The van der Waals surface area contributed by atoms with Crippen molar-refractivity contribution in [1.82, 2.24) is 10.1 Å². The lowest BCUT2D eigenvalue weighted by molar-refractivity contribution is -0.384. The van der Waals surface area contributed by atoms with Crippen molar-refractivity contribution in [2.75, 3.05) is 0 Å². The van der Waals surface area contributed by atoms with Crippen molar-refractivity contribution < 1.29 is 14.6 Å². The fraction of sp³-hybridized carbons (Fsp3) is 0.333. The Kier molecular flexibility index (Phi) is 4.31. The highest BCUT2D eigenvalue weighted by molar-refractivity contribution is 6.33. The molecule has 0 aliphatic rings. The van der Waals surface area contributed by atoms with Crippen LogP contribution in [0, 0.1) is 10.1 Å². The largest absolute Gasteiger partial charge is 0.385 e. The highest BCUT2D eigenvalue weighted by Crippen LogP contribution is 2.35. The standard InChI is InChI=1S/C12H12ClN3O4/c1-2-4-9(17)11-14-12(20-15-11)10-7(13)5-3-6-8(10)16(18)19/h3,5-6,9,17H,2,4H2,1H3. The van der Waals surface area contributed by atoms with E-state index in [1.165, 1.54) is 18.2 Å². The minimum atomic E-state index is -0.862. The number of hydrogen-bond donors (Lipinski definition) is 1. The maximum absolute atomic E-state index is 11.0. The van der Waals surface area contributed by atoms with E-state index >= 15 is 0 Å². The van der Waals surface area contributed by atoms with E-state index in [1.807, 2.05) is 6.92 Å². The van der Waals surface area contributed by atoms with Crippen molar-refractivity contribution in [3.8, 4) is 11.5 Å². The minimum Gasteiger partial charge on any atom is -0.385 e. The molecule has 0 aliphatic heterocycles. The third-order valence-corrected chi connectivity index (χ3v) is 3.02. The van der Waals surface area contributed by atoms with Crippen LogP contribution in [0.25, 0.3) is 11.5 Å². The first kappa shape index (κ1) is 14.4. The Morgan fingerprint density at radius 1 is 1.55 bits per heavy atom. The van der Waals surface area contributed by atoms with Crippen LogP contribution in [-0.4, -0.2) is 20.2 Å². The van der Waals surface area contributed by atoms with Gasteiger partial charge in [0.15, 0.2) is 0 Å². The summed E-state index contributed by atoms with van der Waals surface area (Å²) in [5.74, 6) is 0.0171. The Morgan fingerprint density at radius 2 is 2.30 bits per heavy atom. The minimum absolute atomic E-state index is 0.0571. The molecule has 0 saturated carbocycles. The first-order chi connectivity index (χ1) is 9.54. The zero-order valence-corrected chi connectivity index (χ0v) is 11.4. The van der Waals surface area contributed by atoms with E-state index < -0.39 is 11.0 Å². The van der Waals surface area contributed by atoms with Gasteiger partial charge in [0.2, 0.25) is 5.82 Å². The molecule has 20 heavy (non-hydrogen) atoms. The zero-order chi connectivity index (χ0) is 14.7. The molecule has 0 spiro atoms. The van der Waals surface area contributed by atoms with Gasteiger partial charge in [-0.25, -0.2) is 0 Å². The molecule has 1 unspecified atom stereocenters. The van der Waals surface area contributed by atoms with Gasteiger partial charge in [-0.05, 0) is 12.5 Å². The molecule has 0 saturated heterocycles. The molecule has 0 amide bonds. The van der Waals surface area contributed by atoms with Gasteiger partial charge in [0, 0.05) is 6.07 Å². The van der Waals surface area contributed by atoms with E-state index in [9.17, 15) is 15.2 Å². The molecule has 1 heterocycles. The van der Waals surface area contributed by atoms with E-state index in [-0.39, 0.29) is 28.0 Å². The first-order valence-corrected chi connectivity index (χ1v) is 6.37. The van der Waals surface area contributed by atoms with Gasteiger partial charge in [-0.1, -0.05) is 36.2 Å². The molecule has 7 nitrogen and oxygen atoms in total.